The molecule has 0 spiro atoms. The van der Waals surface area contributed by atoms with E-state index in [1.54, 1.807) is 6.08 Å². The molecule has 1 rings (SSSR count). The van der Waals surface area contributed by atoms with E-state index in [1.807, 2.05) is 33.8 Å². The second-order valence-electron chi connectivity index (χ2n) is 8.63. The van der Waals surface area contributed by atoms with E-state index < -0.39 is 19.5 Å². The van der Waals surface area contributed by atoms with Crippen LogP contribution in [0.3, 0.4) is 0 Å². The van der Waals surface area contributed by atoms with Gasteiger partial charge in [-0.2, -0.15) is 0 Å². The van der Waals surface area contributed by atoms with Gasteiger partial charge in [-0.25, -0.2) is 4.57 Å². The van der Waals surface area contributed by atoms with Crippen LogP contribution >= 0.6 is 7.82 Å². The largest absolute Gasteiger partial charge is 0.469 e. The Morgan fingerprint density at radius 3 is 2.58 bits per heavy atom. The number of hydrogen-bond acceptors (Lipinski definition) is 6. The second kappa shape index (κ2) is 12.7. The fraction of sp³-hybridized carbons (Fsp3) is 0.727. The lowest BCUT2D eigenvalue weighted by Crippen LogP contribution is -2.43. The number of carbonyl (C=O) groups excluding carboxylic acids is 2. The fourth-order valence-electron chi connectivity index (χ4n) is 3.50. The monoisotopic (exact) mass is 460 g/mol. The number of phosphoric acid groups is 1. The standard InChI is InChI=1S/C22H37O8P/c1-16(2)8-10-20(24)17(3)7-6-13-22(5)21(30-18(4)23)11-9-19(15-28-22)12-14-29-31(25,26)27/h8,12,17,21H,6-7,9-11,13-15H2,1-5H3,(H2,25,26,27)/t17?,21-,22+/m1/s1. The summed E-state index contributed by atoms with van der Waals surface area (Å²) in [6.45, 7) is 9.18. The zero-order valence-corrected chi connectivity index (χ0v) is 20.2. The minimum absolute atomic E-state index is 0.0580. The van der Waals surface area contributed by atoms with Gasteiger partial charge in [0.05, 0.1) is 13.2 Å². The molecule has 0 aliphatic carbocycles. The van der Waals surface area contributed by atoms with Crippen LogP contribution in [0.2, 0.25) is 0 Å². The Kier molecular flexibility index (Phi) is 11.3. The number of allylic oxidation sites excluding steroid dienone is 2. The van der Waals surface area contributed by atoms with Crippen LogP contribution in [0.25, 0.3) is 0 Å². The van der Waals surface area contributed by atoms with Crippen molar-refractivity contribution < 1.29 is 37.9 Å². The SMILES string of the molecule is CC(=O)O[C@@H]1CCC(=CCOP(=O)(O)O)CO[C@@]1(C)CCCC(C)C(=O)CC=C(C)C. The number of carbonyl (C=O) groups is 2. The van der Waals surface area contributed by atoms with Crippen molar-refractivity contribution >= 4 is 19.6 Å². The van der Waals surface area contributed by atoms with Crippen molar-refractivity contribution in [3.05, 3.63) is 23.3 Å². The predicted molar refractivity (Wildman–Crippen MR) is 117 cm³/mol. The van der Waals surface area contributed by atoms with Crippen LogP contribution in [-0.2, 0) is 28.2 Å². The van der Waals surface area contributed by atoms with Gasteiger partial charge in [0.25, 0.3) is 0 Å². The minimum Gasteiger partial charge on any atom is -0.459 e. The van der Waals surface area contributed by atoms with E-state index in [4.69, 9.17) is 19.3 Å². The van der Waals surface area contributed by atoms with Gasteiger partial charge in [0.15, 0.2) is 0 Å². The molecule has 0 amide bonds. The maximum Gasteiger partial charge on any atom is 0.469 e. The summed E-state index contributed by atoms with van der Waals surface area (Å²) in [5.41, 5.74) is 1.24. The fourth-order valence-corrected chi connectivity index (χ4v) is 3.77. The number of ether oxygens (including phenoxy) is 2. The summed E-state index contributed by atoms with van der Waals surface area (Å²) >= 11 is 0. The highest BCUT2D eigenvalue weighted by molar-refractivity contribution is 7.46. The zero-order valence-electron chi connectivity index (χ0n) is 19.3. The molecule has 1 heterocycles. The normalized spacial score (nSPS) is 24.4. The third kappa shape index (κ3) is 11.2. The van der Waals surface area contributed by atoms with Gasteiger partial charge < -0.3 is 19.3 Å². The molecule has 178 valence electrons. The molecule has 1 aliphatic heterocycles. The van der Waals surface area contributed by atoms with E-state index in [2.05, 4.69) is 4.52 Å². The van der Waals surface area contributed by atoms with E-state index in [9.17, 15) is 14.2 Å². The average Bonchev–Trinajstić information content (AvgIpc) is 2.78. The van der Waals surface area contributed by atoms with Crippen molar-refractivity contribution in [3.8, 4) is 0 Å². The van der Waals surface area contributed by atoms with E-state index >= 15 is 0 Å². The number of phosphoric ester groups is 1. The van der Waals surface area contributed by atoms with Gasteiger partial charge in [-0.05, 0) is 58.4 Å². The lowest BCUT2D eigenvalue weighted by atomic mass is 9.87. The van der Waals surface area contributed by atoms with Gasteiger partial charge >= 0.3 is 13.8 Å². The first-order valence-corrected chi connectivity index (χ1v) is 12.2. The number of ketones is 1. The summed E-state index contributed by atoms with van der Waals surface area (Å²) in [5, 5.41) is 0. The third-order valence-electron chi connectivity index (χ3n) is 5.49. The molecule has 1 unspecified atom stereocenters. The van der Waals surface area contributed by atoms with Crippen LogP contribution in [-0.4, -0.2) is 46.5 Å². The summed E-state index contributed by atoms with van der Waals surface area (Å²) in [4.78, 5) is 41.5. The molecule has 3 atom stereocenters. The molecule has 1 saturated heterocycles. The highest BCUT2D eigenvalue weighted by Crippen LogP contribution is 2.37. The molecule has 0 aromatic rings. The van der Waals surface area contributed by atoms with Crippen LogP contribution < -0.4 is 0 Å². The topological polar surface area (TPSA) is 119 Å². The van der Waals surface area contributed by atoms with Crippen LogP contribution in [0.1, 0.15) is 73.1 Å². The van der Waals surface area contributed by atoms with Crippen LogP contribution in [0.4, 0.5) is 0 Å². The maximum atomic E-state index is 12.3. The maximum absolute atomic E-state index is 12.3. The Morgan fingerprint density at radius 2 is 2.00 bits per heavy atom. The first kappa shape index (κ1) is 27.7. The third-order valence-corrected chi connectivity index (χ3v) is 5.98. The molecular formula is C22H37O8P. The number of rotatable bonds is 11. The van der Waals surface area contributed by atoms with Gasteiger partial charge in [0, 0.05) is 19.3 Å². The van der Waals surface area contributed by atoms with Gasteiger partial charge in [-0.15, -0.1) is 0 Å². The van der Waals surface area contributed by atoms with E-state index in [0.717, 1.165) is 24.0 Å². The molecule has 31 heavy (non-hydrogen) atoms. The summed E-state index contributed by atoms with van der Waals surface area (Å²) in [7, 11) is -4.53. The predicted octanol–water partition coefficient (Wildman–Crippen LogP) is 4.25. The van der Waals surface area contributed by atoms with Gasteiger partial charge in [-0.1, -0.05) is 24.6 Å². The lowest BCUT2D eigenvalue weighted by Gasteiger charge is -2.35. The van der Waals surface area contributed by atoms with Crippen molar-refractivity contribution in [3.63, 3.8) is 0 Å². The molecule has 9 heteroatoms. The first-order chi connectivity index (χ1) is 14.3. The Labute approximate surface area is 185 Å². The van der Waals surface area contributed by atoms with Crippen LogP contribution in [0, 0.1) is 5.92 Å². The van der Waals surface area contributed by atoms with Gasteiger partial charge in [0.1, 0.15) is 17.5 Å². The average molecular weight is 461 g/mol. The molecule has 1 aliphatic rings. The number of hydrogen-bond donors (Lipinski definition) is 2. The highest BCUT2D eigenvalue weighted by Gasteiger charge is 2.39. The van der Waals surface area contributed by atoms with Crippen molar-refractivity contribution in [2.24, 2.45) is 5.92 Å². The quantitative estimate of drug-likeness (QED) is 0.267. The van der Waals surface area contributed by atoms with Crippen molar-refractivity contribution in [2.45, 2.75) is 84.8 Å². The molecule has 8 nitrogen and oxygen atoms in total. The van der Waals surface area contributed by atoms with Crippen LogP contribution in [0.15, 0.2) is 23.3 Å². The molecule has 0 saturated carbocycles. The zero-order chi connectivity index (χ0) is 23.7. The summed E-state index contributed by atoms with van der Waals surface area (Å²) < 4.78 is 27.0. The van der Waals surface area contributed by atoms with Crippen molar-refractivity contribution in [2.75, 3.05) is 13.2 Å². The van der Waals surface area contributed by atoms with Gasteiger partial charge in [0.2, 0.25) is 0 Å². The first-order valence-electron chi connectivity index (χ1n) is 10.7. The van der Waals surface area contributed by atoms with Gasteiger partial charge in [-0.3, -0.25) is 14.1 Å². The number of Topliss-reactive ketones (excluding diaryl/α,β-unsaturated/α-hetero) is 1. The van der Waals surface area contributed by atoms with E-state index in [1.165, 1.54) is 6.92 Å². The smallest absolute Gasteiger partial charge is 0.459 e. The van der Waals surface area contributed by atoms with E-state index in [-0.39, 0.29) is 30.9 Å². The Balaban J connectivity index is 2.74. The molecular weight excluding hydrogens is 423 g/mol. The highest BCUT2D eigenvalue weighted by atomic mass is 31.2. The molecule has 0 aromatic carbocycles. The van der Waals surface area contributed by atoms with Crippen molar-refractivity contribution in [1.82, 2.24) is 0 Å². The Bertz CT molecular complexity index is 719. The van der Waals surface area contributed by atoms with E-state index in [0.29, 0.717) is 25.7 Å². The number of esters is 1. The molecule has 0 radical (unpaired) electrons. The minimum atomic E-state index is -4.53. The molecule has 2 N–H and O–H groups in total. The van der Waals surface area contributed by atoms with Crippen molar-refractivity contribution in [1.29, 1.82) is 0 Å². The summed E-state index contributed by atoms with van der Waals surface area (Å²) in [6.07, 6.45) is 6.72. The van der Waals surface area contributed by atoms with Crippen LogP contribution in [0.5, 0.6) is 0 Å². The molecule has 0 bridgehead atoms. The Morgan fingerprint density at radius 1 is 1.32 bits per heavy atom. The Hall–Kier alpha value is -1.31. The molecule has 1 fully saturated rings. The molecule has 0 aromatic heterocycles. The second-order valence-corrected chi connectivity index (χ2v) is 9.87. The summed E-state index contributed by atoms with van der Waals surface area (Å²) in [5.74, 6) is -0.236. The lowest BCUT2D eigenvalue weighted by molar-refractivity contribution is -0.167. The summed E-state index contributed by atoms with van der Waals surface area (Å²) in [6, 6.07) is 0.